The molecule has 0 amide bonds. The van der Waals surface area contributed by atoms with Crippen LogP contribution in [-0.4, -0.2) is 48.8 Å². The quantitative estimate of drug-likeness (QED) is 0.931. The van der Waals surface area contributed by atoms with Gasteiger partial charge >= 0.3 is 6.18 Å². The second-order valence-corrected chi connectivity index (χ2v) is 5.18. The topological polar surface area (TPSA) is 45.4 Å². The van der Waals surface area contributed by atoms with Crippen LogP contribution >= 0.6 is 11.6 Å². The fourth-order valence-corrected chi connectivity index (χ4v) is 2.44. The molecule has 1 aliphatic rings. The summed E-state index contributed by atoms with van der Waals surface area (Å²) >= 11 is 6.07. The molecule has 112 valence electrons. The standard InChI is InChI=1S/C12H16ClF3N4/c13-10-7-9(17)8-18-11(10)20-5-3-19(4-6-20)2-1-12(14,15)16/h7-8H,1-6,17H2. The van der Waals surface area contributed by atoms with Crippen molar-refractivity contribution in [1.82, 2.24) is 9.88 Å². The highest BCUT2D eigenvalue weighted by molar-refractivity contribution is 6.33. The predicted octanol–water partition coefficient (Wildman–Crippen LogP) is 2.39. The molecule has 4 nitrogen and oxygen atoms in total. The molecule has 0 radical (unpaired) electrons. The highest BCUT2D eigenvalue weighted by atomic mass is 35.5. The average molecular weight is 309 g/mol. The van der Waals surface area contributed by atoms with E-state index in [9.17, 15) is 13.2 Å². The molecular formula is C12H16ClF3N4. The smallest absolute Gasteiger partial charge is 0.390 e. The molecule has 2 rings (SSSR count). The molecule has 1 aliphatic heterocycles. The maximum absolute atomic E-state index is 12.2. The fraction of sp³-hybridized carbons (Fsp3) is 0.583. The van der Waals surface area contributed by atoms with Crippen molar-refractivity contribution in [3.8, 4) is 0 Å². The molecule has 0 aliphatic carbocycles. The third-order valence-electron chi connectivity index (χ3n) is 3.23. The van der Waals surface area contributed by atoms with Crippen molar-refractivity contribution in [2.45, 2.75) is 12.6 Å². The van der Waals surface area contributed by atoms with Gasteiger partial charge < -0.3 is 10.6 Å². The van der Waals surface area contributed by atoms with Crippen LogP contribution in [0.5, 0.6) is 0 Å². The van der Waals surface area contributed by atoms with Crippen LogP contribution in [0.1, 0.15) is 6.42 Å². The van der Waals surface area contributed by atoms with Crippen LogP contribution in [0.3, 0.4) is 0 Å². The number of nitrogens with zero attached hydrogens (tertiary/aromatic N) is 3. The molecule has 1 aromatic rings. The van der Waals surface area contributed by atoms with Gasteiger partial charge in [-0.1, -0.05) is 11.6 Å². The number of rotatable bonds is 3. The number of aromatic nitrogens is 1. The molecule has 0 saturated carbocycles. The number of piperazine rings is 1. The van der Waals surface area contributed by atoms with Gasteiger partial charge in [-0.05, 0) is 6.07 Å². The van der Waals surface area contributed by atoms with Crippen LogP contribution in [0.25, 0.3) is 0 Å². The molecular weight excluding hydrogens is 293 g/mol. The Morgan fingerprint density at radius 3 is 2.45 bits per heavy atom. The zero-order valence-corrected chi connectivity index (χ0v) is 11.6. The molecule has 2 N–H and O–H groups in total. The Morgan fingerprint density at radius 2 is 1.90 bits per heavy atom. The monoisotopic (exact) mass is 308 g/mol. The summed E-state index contributed by atoms with van der Waals surface area (Å²) in [6.07, 6.45) is -3.34. The van der Waals surface area contributed by atoms with Crippen molar-refractivity contribution >= 4 is 23.1 Å². The number of hydrogen-bond donors (Lipinski definition) is 1. The van der Waals surface area contributed by atoms with E-state index in [1.807, 2.05) is 4.90 Å². The van der Waals surface area contributed by atoms with Crippen molar-refractivity contribution in [3.05, 3.63) is 17.3 Å². The Morgan fingerprint density at radius 1 is 1.25 bits per heavy atom. The van der Waals surface area contributed by atoms with Gasteiger partial charge in [0.25, 0.3) is 0 Å². The van der Waals surface area contributed by atoms with Crippen LogP contribution < -0.4 is 10.6 Å². The third-order valence-corrected chi connectivity index (χ3v) is 3.50. The van der Waals surface area contributed by atoms with E-state index in [0.29, 0.717) is 42.7 Å². The van der Waals surface area contributed by atoms with Crippen LogP contribution in [0, 0.1) is 0 Å². The highest BCUT2D eigenvalue weighted by Gasteiger charge is 2.29. The van der Waals surface area contributed by atoms with E-state index in [-0.39, 0.29) is 6.54 Å². The van der Waals surface area contributed by atoms with Gasteiger partial charge in [0.1, 0.15) is 5.82 Å². The summed E-state index contributed by atoms with van der Waals surface area (Å²) in [4.78, 5) is 7.95. The van der Waals surface area contributed by atoms with Crippen LogP contribution in [0.2, 0.25) is 5.02 Å². The van der Waals surface area contributed by atoms with Gasteiger partial charge in [-0.25, -0.2) is 4.98 Å². The number of halogens is 4. The van der Waals surface area contributed by atoms with Crippen LogP contribution in [-0.2, 0) is 0 Å². The molecule has 0 atom stereocenters. The van der Waals surface area contributed by atoms with Gasteiger partial charge in [0.2, 0.25) is 0 Å². The Kier molecular flexibility index (Phi) is 4.59. The van der Waals surface area contributed by atoms with E-state index in [2.05, 4.69) is 4.98 Å². The van der Waals surface area contributed by atoms with E-state index in [1.54, 1.807) is 11.0 Å². The molecule has 0 bridgehead atoms. The molecule has 2 heterocycles. The van der Waals surface area contributed by atoms with E-state index in [0.717, 1.165) is 0 Å². The second kappa shape index (κ2) is 6.05. The first-order valence-corrected chi connectivity index (χ1v) is 6.68. The summed E-state index contributed by atoms with van der Waals surface area (Å²) in [6.45, 7) is 2.39. The molecule has 20 heavy (non-hydrogen) atoms. The van der Waals surface area contributed by atoms with Gasteiger partial charge in [0, 0.05) is 32.7 Å². The average Bonchev–Trinajstić information content (AvgIpc) is 2.36. The first kappa shape index (κ1) is 15.2. The summed E-state index contributed by atoms with van der Waals surface area (Å²) in [5.41, 5.74) is 6.07. The Labute approximate surface area is 120 Å². The lowest BCUT2D eigenvalue weighted by atomic mass is 10.2. The normalized spacial score (nSPS) is 17.5. The van der Waals surface area contributed by atoms with Gasteiger partial charge in [0.15, 0.2) is 0 Å². The minimum Gasteiger partial charge on any atom is -0.397 e. The Hall–Kier alpha value is -1.21. The Bertz CT molecular complexity index is 459. The number of anilines is 2. The maximum atomic E-state index is 12.2. The summed E-state index contributed by atoms with van der Waals surface area (Å²) in [6, 6.07) is 1.62. The van der Waals surface area contributed by atoms with Crippen molar-refractivity contribution in [2.24, 2.45) is 0 Å². The zero-order chi connectivity index (χ0) is 14.8. The molecule has 1 fully saturated rings. The summed E-state index contributed by atoms with van der Waals surface area (Å²) in [7, 11) is 0. The van der Waals surface area contributed by atoms with E-state index in [4.69, 9.17) is 17.3 Å². The number of alkyl halides is 3. The lowest BCUT2D eigenvalue weighted by Crippen LogP contribution is -2.47. The van der Waals surface area contributed by atoms with E-state index >= 15 is 0 Å². The van der Waals surface area contributed by atoms with Crippen molar-refractivity contribution < 1.29 is 13.2 Å². The second-order valence-electron chi connectivity index (χ2n) is 4.77. The highest BCUT2D eigenvalue weighted by Crippen LogP contribution is 2.26. The van der Waals surface area contributed by atoms with Crippen LogP contribution in [0.15, 0.2) is 12.3 Å². The fourth-order valence-electron chi connectivity index (χ4n) is 2.15. The Balaban J connectivity index is 1.88. The van der Waals surface area contributed by atoms with Gasteiger partial charge in [-0.3, -0.25) is 4.90 Å². The number of hydrogen-bond acceptors (Lipinski definition) is 4. The lowest BCUT2D eigenvalue weighted by molar-refractivity contribution is -0.138. The minimum atomic E-state index is -4.10. The van der Waals surface area contributed by atoms with E-state index in [1.165, 1.54) is 6.20 Å². The summed E-state index contributed by atoms with van der Waals surface area (Å²) in [5, 5.41) is 0.466. The largest absolute Gasteiger partial charge is 0.397 e. The van der Waals surface area contributed by atoms with Gasteiger partial charge in [-0.2, -0.15) is 13.2 Å². The maximum Gasteiger partial charge on any atom is 0.390 e. The first-order valence-electron chi connectivity index (χ1n) is 6.30. The first-order chi connectivity index (χ1) is 9.35. The number of nitrogen functional groups attached to an aromatic ring is 1. The van der Waals surface area contributed by atoms with E-state index < -0.39 is 12.6 Å². The third kappa shape index (κ3) is 4.14. The summed E-state index contributed by atoms with van der Waals surface area (Å²) < 4.78 is 36.5. The number of pyridine rings is 1. The molecule has 1 aromatic heterocycles. The van der Waals surface area contributed by atoms with Crippen LogP contribution in [0.4, 0.5) is 24.7 Å². The van der Waals surface area contributed by atoms with Gasteiger partial charge in [-0.15, -0.1) is 0 Å². The van der Waals surface area contributed by atoms with Crippen molar-refractivity contribution in [1.29, 1.82) is 0 Å². The van der Waals surface area contributed by atoms with Crippen molar-refractivity contribution in [3.63, 3.8) is 0 Å². The molecule has 0 spiro atoms. The minimum absolute atomic E-state index is 0.0419. The van der Waals surface area contributed by atoms with Gasteiger partial charge in [0.05, 0.1) is 23.3 Å². The zero-order valence-electron chi connectivity index (χ0n) is 10.8. The summed E-state index contributed by atoms with van der Waals surface area (Å²) in [5.74, 6) is 0.635. The molecule has 1 saturated heterocycles. The molecule has 0 aromatic carbocycles. The lowest BCUT2D eigenvalue weighted by Gasteiger charge is -2.35. The predicted molar refractivity (Wildman–Crippen MR) is 73.0 cm³/mol. The SMILES string of the molecule is Nc1cnc(N2CCN(CCC(F)(F)F)CC2)c(Cl)c1. The van der Waals surface area contributed by atoms with Crippen molar-refractivity contribution in [2.75, 3.05) is 43.4 Å². The number of nitrogens with two attached hydrogens (primary N) is 1. The molecule has 8 heteroatoms. The molecule has 0 unspecified atom stereocenters.